The second kappa shape index (κ2) is 5.63. The number of halogens is 2. The molecule has 0 bridgehead atoms. The molecule has 1 N–H and O–H groups in total. The third-order valence-corrected chi connectivity index (χ3v) is 3.28. The quantitative estimate of drug-likeness (QED) is 0.931. The van der Waals surface area contributed by atoms with Gasteiger partial charge in [0.2, 0.25) is 5.88 Å². The van der Waals surface area contributed by atoms with Crippen molar-refractivity contribution in [3.63, 3.8) is 0 Å². The lowest BCUT2D eigenvalue weighted by atomic mass is 10.2. The largest absolute Gasteiger partial charge is 0.481 e. The van der Waals surface area contributed by atoms with Gasteiger partial charge in [0.15, 0.2) is 5.82 Å². The van der Waals surface area contributed by atoms with Crippen molar-refractivity contribution in [1.82, 2.24) is 9.78 Å². The van der Waals surface area contributed by atoms with Crippen LogP contribution in [-0.2, 0) is 7.05 Å². The molecule has 100 valence electrons. The summed E-state index contributed by atoms with van der Waals surface area (Å²) in [6.07, 6.45) is 0. The number of hydrogen-bond acceptors (Lipinski definition) is 3. The highest BCUT2D eigenvalue weighted by Gasteiger charge is 2.13. The van der Waals surface area contributed by atoms with Crippen molar-refractivity contribution in [3.8, 4) is 5.88 Å². The minimum absolute atomic E-state index is 0.327. The molecule has 0 unspecified atom stereocenters. The lowest BCUT2D eigenvalue weighted by Gasteiger charge is -2.04. The Morgan fingerprint density at radius 2 is 2.21 bits per heavy atom. The molecule has 1 aromatic carbocycles. The maximum atomic E-state index is 12.1. The Labute approximate surface area is 123 Å². The Kier molecular flexibility index (Phi) is 4.11. The van der Waals surface area contributed by atoms with Crippen molar-refractivity contribution in [2.24, 2.45) is 7.05 Å². The van der Waals surface area contributed by atoms with Gasteiger partial charge in [-0.15, -0.1) is 0 Å². The van der Waals surface area contributed by atoms with Crippen LogP contribution in [0.2, 0.25) is 5.02 Å². The van der Waals surface area contributed by atoms with Crippen LogP contribution in [0.25, 0.3) is 0 Å². The van der Waals surface area contributed by atoms with Gasteiger partial charge in [-0.25, -0.2) is 4.68 Å². The van der Waals surface area contributed by atoms with Gasteiger partial charge in [0.05, 0.1) is 17.7 Å². The molecule has 5 nitrogen and oxygen atoms in total. The van der Waals surface area contributed by atoms with Crippen molar-refractivity contribution in [1.29, 1.82) is 0 Å². The van der Waals surface area contributed by atoms with Gasteiger partial charge in [0.25, 0.3) is 5.91 Å². The maximum absolute atomic E-state index is 12.1. The SMILES string of the molecule is COc1cc(NC(=O)c2cc(Br)ccc2Cl)nn1C. The number of carbonyl (C=O) groups excluding carboxylic acids is 1. The minimum atomic E-state index is -0.327. The Morgan fingerprint density at radius 3 is 2.84 bits per heavy atom. The number of ether oxygens (including phenoxy) is 1. The molecule has 0 aliphatic rings. The number of nitrogens with zero attached hydrogens (tertiary/aromatic N) is 2. The molecule has 1 amide bonds. The van der Waals surface area contributed by atoms with Gasteiger partial charge < -0.3 is 10.1 Å². The summed E-state index contributed by atoms with van der Waals surface area (Å²) in [5, 5.41) is 7.15. The molecule has 7 heteroatoms. The van der Waals surface area contributed by atoms with E-state index in [-0.39, 0.29) is 5.91 Å². The van der Waals surface area contributed by atoms with E-state index in [1.165, 1.54) is 11.8 Å². The number of carbonyl (C=O) groups is 1. The number of anilines is 1. The first-order valence-corrected chi connectivity index (χ1v) is 6.53. The zero-order valence-corrected chi connectivity index (χ0v) is 12.6. The second-order valence-corrected chi connectivity index (χ2v) is 5.10. The van der Waals surface area contributed by atoms with E-state index in [4.69, 9.17) is 16.3 Å². The van der Waals surface area contributed by atoms with Crippen LogP contribution in [-0.4, -0.2) is 22.8 Å². The standard InChI is InChI=1S/C12H11BrClN3O2/c1-17-11(19-2)6-10(16-17)15-12(18)8-5-7(13)3-4-9(8)14/h3-6H,1-2H3,(H,15,16,18). The zero-order valence-electron chi connectivity index (χ0n) is 10.3. The third kappa shape index (κ3) is 3.08. The van der Waals surface area contributed by atoms with E-state index in [2.05, 4.69) is 26.3 Å². The highest BCUT2D eigenvalue weighted by atomic mass is 79.9. The molecule has 0 radical (unpaired) electrons. The number of hydrogen-bond donors (Lipinski definition) is 1. The average molecular weight is 345 g/mol. The van der Waals surface area contributed by atoms with Crippen LogP contribution in [0.3, 0.4) is 0 Å². The topological polar surface area (TPSA) is 56.1 Å². The van der Waals surface area contributed by atoms with E-state index in [0.717, 1.165) is 4.47 Å². The summed E-state index contributed by atoms with van der Waals surface area (Å²) >= 11 is 9.29. The van der Waals surface area contributed by atoms with E-state index in [1.807, 2.05) is 0 Å². The fraction of sp³-hybridized carbons (Fsp3) is 0.167. The fourth-order valence-corrected chi connectivity index (χ4v) is 2.12. The molecule has 19 heavy (non-hydrogen) atoms. The summed E-state index contributed by atoms with van der Waals surface area (Å²) < 4.78 is 7.38. The normalized spacial score (nSPS) is 10.3. The van der Waals surface area contributed by atoms with Crippen LogP contribution < -0.4 is 10.1 Å². The second-order valence-electron chi connectivity index (χ2n) is 3.77. The summed E-state index contributed by atoms with van der Waals surface area (Å²) in [5.74, 6) is 0.628. The number of benzene rings is 1. The lowest BCUT2D eigenvalue weighted by Crippen LogP contribution is -2.13. The number of methoxy groups -OCH3 is 1. The van der Waals surface area contributed by atoms with Crippen molar-refractivity contribution >= 4 is 39.3 Å². The fourth-order valence-electron chi connectivity index (χ4n) is 1.56. The van der Waals surface area contributed by atoms with Crippen LogP contribution in [0.4, 0.5) is 5.82 Å². The lowest BCUT2D eigenvalue weighted by molar-refractivity contribution is 0.102. The van der Waals surface area contributed by atoms with Crippen molar-refractivity contribution in [2.45, 2.75) is 0 Å². The highest BCUT2D eigenvalue weighted by Crippen LogP contribution is 2.22. The van der Waals surface area contributed by atoms with Crippen LogP contribution in [0, 0.1) is 0 Å². The third-order valence-electron chi connectivity index (χ3n) is 2.46. The van der Waals surface area contributed by atoms with Crippen molar-refractivity contribution in [2.75, 3.05) is 12.4 Å². The van der Waals surface area contributed by atoms with Crippen LogP contribution in [0.5, 0.6) is 5.88 Å². The Morgan fingerprint density at radius 1 is 1.47 bits per heavy atom. The van der Waals surface area contributed by atoms with Crippen molar-refractivity contribution in [3.05, 3.63) is 39.3 Å². The minimum Gasteiger partial charge on any atom is -0.481 e. The van der Waals surface area contributed by atoms with Gasteiger partial charge in [0, 0.05) is 17.6 Å². The molecule has 2 rings (SSSR count). The monoisotopic (exact) mass is 343 g/mol. The number of aryl methyl sites for hydroxylation is 1. The molecule has 1 aromatic heterocycles. The molecule has 0 saturated heterocycles. The summed E-state index contributed by atoms with van der Waals surface area (Å²) in [6.45, 7) is 0. The first-order chi connectivity index (χ1) is 9.01. The predicted octanol–water partition coefficient (Wildman–Crippen LogP) is 3.10. The summed E-state index contributed by atoms with van der Waals surface area (Å²) in [5.41, 5.74) is 0.376. The van der Waals surface area contributed by atoms with Crippen LogP contribution in [0.1, 0.15) is 10.4 Å². The van der Waals surface area contributed by atoms with Gasteiger partial charge in [-0.1, -0.05) is 27.5 Å². The van der Waals surface area contributed by atoms with Gasteiger partial charge in [0.1, 0.15) is 0 Å². The molecule has 0 saturated carbocycles. The molecule has 0 aliphatic heterocycles. The first-order valence-electron chi connectivity index (χ1n) is 5.35. The van der Waals surface area contributed by atoms with Gasteiger partial charge in [-0.05, 0) is 18.2 Å². The van der Waals surface area contributed by atoms with Gasteiger partial charge >= 0.3 is 0 Å². The van der Waals surface area contributed by atoms with E-state index in [0.29, 0.717) is 22.3 Å². The Bertz CT molecular complexity index is 627. The maximum Gasteiger partial charge on any atom is 0.258 e. The zero-order chi connectivity index (χ0) is 14.0. The van der Waals surface area contributed by atoms with Gasteiger partial charge in [-0.2, -0.15) is 5.10 Å². The molecule has 0 fully saturated rings. The number of rotatable bonds is 3. The number of amides is 1. The van der Waals surface area contributed by atoms with E-state index >= 15 is 0 Å². The van der Waals surface area contributed by atoms with Gasteiger partial charge in [-0.3, -0.25) is 4.79 Å². The average Bonchev–Trinajstić information content (AvgIpc) is 2.72. The molecule has 0 aliphatic carbocycles. The summed E-state index contributed by atoms with van der Waals surface area (Å²) in [4.78, 5) is 12.1. The first kappa shape index (κ1) is 13.9. The van der Waals surface area contributed by atoms with Crippen LogP contribution in [0.15, 0.2) is 28.7 Å². The molecular formula is C12H11BrClN3O2. The molecular weight excluding hydrogens is 334 g/mol. The summed E-state index contributed by atoms with van der Waals surface area (Å²) in [7, 11) is 3.26. The molecule has 2 aromatic rings. The Hall–Kier alpha value is -1.53. The number of nitrogens with one attached hydrogen (secondary N) is 1. The highest BCUT2D eigenvalue weighted by molar-refractivity contribution is 9.10. The van der Waals surface area contributed by atoms with Crippen molar-refractivity contribution < 1.29 is 9.53 Å². The Balaban J connectivity index is 2.22. The smallest absolute Gasteiger partial charge is 0.258 e. The molecule has 0 spiro atoms. The van der Waals surface area contributed by atoms with E-state index in [9.17, 15) is 4.79 Å². The summed E-state index contributed by atoms with van der Waals surface area (Å²) in [6, 6.07) is 6.70. The van der Waals surface area contributed by atoms with E-state index < -0.39 is 0 Å². The van der Waals surface area contributed by atoms with E-state index in [1.54, 1.807) is 31.3 Å². The van der Waals surface area contributed by atoms with Crippen LogP contribution >= 0.6 is 27.5 Å². The molecule has 1 heterocycles. The predicted molar refractivity (Wildman–Crippen MR) is 76.9 cm³/mol. The number of aromatic nitrogens is 2. The molecule has 0 atom stereocenters.